The number of rotatable bonds is 2. The number of ketones is 2. The zero-order valence-corrected chi connectivity index (χ0v) is 25.9. The smallest absolute Gasteiger partial charge is 0.410 e. The van der Waals surface area contributed by atoms with Crippen LogP contribution in [0.1, 0.15) is 87.5 Å². The maximum atomic E-state index is 12.2. The maximum absolute atomic E-state index is 12.2. The molecule has 2 saturated carbocycles. The summed E-state index contributed by atoms with van der Waals surface area (Å²) in [5.74, 6) is 0.0880. The Bertz CT molecular complexity index is 934. The molecule has 4 rings (SSSR count). The average Bonchev–Trinajstić information content (AvgIpc) is 3.36. The molecule has 2 aliphatic carbocycles. The fraction of sp³-hybridized carbons (Fsp3) is 0.846. The molecule has 0 radical (unpaired) electrons. The van der Waals surface area contributed by atoms with Crippen molar-refractivity contribution in [3.63, 3.8) is 0 Å². The van der Waals surface area contributed by atoms with Crippen molar-refractivity contribution in [2.24, 2.45) is 10.8 Å². The lowest BCUT2D eigenvalue weighted by Crippen LogP contribution is -2.42. The number of Topliss-reactive ketones (excluding diaryl/α,β-unsaturated/α-hetero) is 2. The lowest BCUT2D eigenvalue weighted by atomic mass is 10.0. The zero-order valence-electron chi connectivity index (χ0n) is 22.7. The number of nitrogens with zero attached hydrogens (tertiary/aromatic N) is 2. The summed E-state index contributed by atoms with van der Waals surface area (Å²) in [6.45, 7) is 15.4. The van der Waals surface area contributed by atoms with Crippen molar-refractivity contribution in [3.8, 4) is 0 Å². The molecule has 2 heterocycles. The van der Waals surface area contributed by atoms with Gasteiger partial charge in [0.25, 0.3) is 0 Å². The van der Waals surface area contributed by atoms with Crippen LogP contribution in [0.3, 0.4) is 0 Å². The van der Waals surface area contributed by atoms with Crippen LogP contribution in [0.5, 0.6) is 0 Å². The van der Waals surface area contributed by atoms with Crippen LogP contribution in [0.15, 0.2) is 0 Å². The molecule has 0 aromatic rings. The van der Waals surface area contributed by atoms with Gasteiger partial charge in [-0.25, -0.2) is 9.59 Å². The molecule has 2 saturated heterocycles. The number of amides is 2. The molecule has 0 aromatic carbocycles. The number of ether oxygens (including phenoxy) is 2. The van der Waals surface area contributed by atoms with Gasteiger partial charge in [-0.1, -0.05) is 31.9 Å². The molecule has 8 nitrogen and oxygen atoms in total. The third-order valence-corrected chi connectivity index (χ3v) is 9.55. The standard InChI is InChI=1S/C13H19Br2NO3.C13H21NO3/c1-8(17)9-5-12(6-13(12,14)15)7-16(9)10(18)19-11(2,3)4;1-9(15)10-7-13(5-6-13)8-14(10)11(16)17-12(2,3)4/h9H,5-7H2,1-4H3;10H,5-8H2,1-4H3/t9-,12?;10-/m00/s1. The van der Waals surface area contributed by atoms with Crippen molar-refractivity contribution in [2.75, 3.05) is 13.1 Å². The average molecular weight is 636 g/mol. The molecule has 4 aliphatic rings. The summed E-state index contributed by atoms with van der Waals surface area (Å²) in [4.78, 5) is 50.8. The third kappa shape index (κ3) is 6.63. The van der Waals surface area contributed by atoms with Crippen LogP contribution in [0.4, 0.5) is 9.59 Å². The van der Waals surface area contributed by atoms with Crippen LogP contribution in [0.2, 0.25) is 0 Å². The summed E-state index contributed by atoms with van der Waals surface area (Å²) in [5, 5.41) is 0. The van der Waals surface area contributed by atoms with Crippen LogP contribution in [0, 0.1) is 10.8 Å². The molecule has 4 fully saturated rings. The number of alkyl halides is 2. The lowest BCUT2D eigenvalue weighted by molar-refractivity contribution is -0.121. The molecule has 36 heavy (non-hydrogen) atoms. The summed E-state index contributed by atoms with van der Waals surface area (Å²) < 4.78 is 10.6. The van der Waals surface area contributed by atoms with Gasteiger partial charge in [0.05, 0.1) is 15.3 Å². The second kappa shape index (κ2) is 9.54. The van der Waals surface area contributed by atoms with Gasteiger partial charge in [0.15, 0.2) is 11.6 Å². The van der Waals surface area contributed by atoms with E-state index in [0.29, 0.717) is 19.5 Å². The van der Waals surface area contributed by atoms with Crippen LogP contribution in [0.25, 0.3) is 0 Å². The Morgan fingerprint density at radius 1 is 0.750 bits per heavy atom. The Balaban J connectivity index is 0.000000202. The molecule has 0 bridgehead atoms. The second-order valence-corrected chi connectivity index (χ2v) is 16.8. The summed E-state index contributed by atoms with van der Waals surface area (Å²) in [5.41, 5.74) is -0.858. The number of carbonyl (C=O) groups excluding carboxylic acids is 4. The monoisotopic (exact) mass is 634 g/mol. The predicted molar refractivity (Wildman–Crippen MR) is 143 cm³/mol. The van der Waals surface area contributed by atoms with Gasteiger partial charge in [-0.05, 0) is 92.9 Å². The first kappa shape index (κ1) is 29.4. The summed E-state index contributed by atoms with van der Waals surface area (Å²) >= 11 is 7.22. The first-order chi connectivity index (χ1) is 16.2. The van der Waals surface area contributed by atoms with Crippen molar-refractivity contribution in [3.05, 3.63) is 0 Å². The minimum Gasteiger partial charge on any atom is -0.444 e. The lowest BCUT2D eigenvalue weighted by Gasteiger charge is -2.27. The number of hydrogen-bond acceptors (Lipinski definition) is 6. The number of hydrogen-bond donors (Lipinski definition) is 0. The molecule has 2 spiro atoms. The molecule has 0 aromatic heterocycles. The van der Waals surface area contributed by atoms with E-state index in [2.05, 4.69) is 31.9 Å². The quantitative estimate of drug-likeness (QED) is 0.355. The molecule has 3 atom stereocenters. The van der Waals surface area contributed by atoms with Gasteiger partial charge in [-0.2, -0.15) is 0 Å². The molecule has 2 aliphatic heterocycles. The van der Waals surface area contributed by atoms with E-state index in [1.807, 2.05) is 41.5 Å². The first-order valence-electron chi connectivity index (χ1n) is 12.6. The number of halogens is 2. The van der Waals surface area contributed by atoms with Gasteiger partial charge < -0.3 is 9.47 Å². The minimum absolute atomic E-state index is 0.0189. The van der Waals surface area contributed by atoms with Crippen molar-refractivity contribution < 1.29 is 28.7 Å². The van der Waals surface area contributed by atoms with Gasteiger partial charge in [-0.15, -0.1) is 0 Å². The van der Waals surface area contributed by atoms with Crippen molar-refractivity contribution in [1.29, 1.82) is 0 Å². The minimum atomic E-state index is -0.544. The zero-order chi connectivity index (χ0) is 27.5. The highest BCUT2D eigenvalue weighted by atomic mass is 79.9. The third-order valence-electron chi connectivity index (χ3n) is 7.30. The van der Waals surface area contributed by atoms with Gasteiger partial charge in [-0.3, -0.25) is 19.4 Å². The van der Waals surface area contributed by atoms with Gasteiger partial charge in [0.1, 0.15) is 11.2 Å². The summed E-state index contributed by atoms with van der Waals surface area (Å²) in [6.07, 6.45) is 3.96. The number of carbonyl (C=O) groups is 4. The first-order valence-corrected chi connectivity index (χ1v) is 14.2. The highest BCUT2D eigenvalue weighted by Crippen LogP contribution is 2.71. The predicted octanol–water partition coefficient (Wildman–Crippen LogP) is 5.83. The molecule has 0 N–H and O–H groups in total. The van der Waals surface area contributed by atoms with Crippen molar-refractivity contribution >= 4 is 55.6 Å². The van der Waals surface area contributed by atoms with E-state index in [9.17, 15) is 19.2 Å². The highest BCUT2D eigenvalue weighted by molar-refractivity contribution is 9.25. The van der Waals surface area contributed by atoms with E-state index in [-0.39, 0.29) is 43.8 Å². The normalized spacial score (nSPS) is 29.5. The highest BCUT2D eigenvalue weighted by Gasteiger charge is 2.70. The van der Waals surface area contributed by atoms with Crippen LogP contribution < -0.4 is 0 Å². The number of likely N-dealkylation sites (tertiary alicyclic amines) is 2. The molecule has 1 unspecified atom stereocenters. The Morgan fingerprint density at radius 3 is 1.47 bits per heavy atom. The Hall–Kier alpha value is -1.16. The fourth-order valence-corrected chi connectivity index (χ4v) is 6.75. The molecule has 2 amide bonds. The van der Waals surface area contributed by atoms with E-state index in [0.717, 1.165) is 25.7 Å². The van der Waals surface area contributed by atoms with E-state index in [1.54, 1.807) is 16.7 Å². The Kier molecular flexibility index (Phi) is 7.79. The fourth-order valence-electron chi connectivity index (χ4n) is 5.10. The van der Waals surface area contributed by atoms with E-state index < -0.39 is 17.3 Å². The molecular formula is C26H40Br2N2O6. The largest absolute Gasteiger partial charge is 0.444 e. The SMILES string of the molecule is CC(=O)[C@@H]1CC2(CC2)CN1C(=O)OC(C)(C)C.CC(=O)[C@@H]1CC2(CN1C(=O)OC(C)(C)C)CC2(Br)Br. The van der Waals surface area contributed by atoms with Gasteiger partial charge in [0.2, 0.25) is 0 Å². The second-order valence-electron chi connectivity index (χ2n) is 13.0. The van der Waals surface area contributed by atoms with Crippen LogP contribution >= 0.6 is 31.9 Å². The van der Waals surface area contributed by atoms with E-state index >= 15 is 0 Å². The van der Waals surface area contributed by atoms with Gasteiger partial charge in [0, 0.05) is 18.5 Å². The van der Waals surface area contributed by atoms with Crippen molar-refractivity contribution in [1.82, 2.24) is 9.80 Å². The van der Waals surface area contributed by atoms with Gasteiger partial charge >= 0.3 is 12.2 Å². The summed E-state index contributed by atoms with van der Waals surface area (Å²) in [6, 6.07) is -0.640. The van der Waals surface area contributed by atoms with E-state index in [1.165, 1.54) is 6.92 Å². The summed E-state index contributed by atoms with van der Waals surface area (Å²) in [7, 11) is 0. The van der Waals surface area contributed by atoms with Crippen molar-refractivity contribution in [2.45, 2.75) is 114 Å². The molecule has 204 valence electrons. The Labute approximate surface area is 231 Å². The van der Waals surface area contributed by atoms with E-state index in [4.69, 9.17) is 9.47 Å². The molecule has 10 heteroatoms. The Morgan fingerprint density at radius 2 is 1.14 bits per heavy atom. The molecular weight excluding hydrogens is 596 g/mol. The van der Waals surface area contributed by atoms with Crippen LogP contribution in [-0.2, 0) is 19.1 Å². The van der Waals surface area contributed by atoms with Crippen LogP contribution in [-0.4, -0.2) is 73.2 Å². The topological polar surface area (TPSA) is 93.2 Å². The maximum Gasteiger partial charge on any atom is 0.410 e.